The highest BCUT2D eigenvalue weighted by Crippen LogP contribution is 2.19. The average Bonchev–Trinajstić information content (AvgIpc) is 2.25. The number of hydrogen-bond donors (Lipinski definition) is 0. The molecule has 0 spiro atoms. The van der Waals surface area contributed by atoms with E-state index in [9.17, 15) is 9.59 Å². The smallest absolute Gasteiger partial charge is 0.259 e. The SMILES string of the molecule is CC(C)OC1CC(=O)N(C(C)C)C1=O. The largest absolute Gasteiger partial charge is 0.365 e. The van der Waals surface area contributed by atoms with Gasteiger partial charge in [-0.25, -0.2) is 0 Å². The lowest BCUT2D eigenvalue weighted by atomic mass is 10.3. The third-order valence-electron chi connectivity index (χ3n) is 2.09. The Morgan fingerprint density at radius 3 is 2.21 bits per heavy atom. The zero-order chi connectivity index (χ0) is 10.9. The Bertz CT molecular complexity index is 248. The van der Waals surface area contributed by atoms with Gasteiger partial charge in [-0.1, -0.05) is 0 Å². The lowest BCUT2D eigenvalue weighted by molar-refractivity contribution is -0.145. The van der Waals surface area contributed by atoms with Crippen molar-refractivity contribution in [3.05, 3.63) is 0 Å². The summed E-state index contributed by atoms with van der Waals surface area (Å²) in [4.78, 5) is 24.4. The van der Waals surface area contributed by atoms with Crippen molar-refractivity contribution in [2.75, 3.05) is 0 Å². The van der Waals surface area contributed by atoms with E-state index in [1.54, 1.807) is 0 Å². The predicted molar refractivity (Wildman–Crippen MR) is 51.6 cm³/mol. The van der Waals surface area contributed by atoms with Crippen LogP contribution in [0.25, 0.3) is 0 Å². The fourth-order valence-electron chi connectivity index (χ4n) is 1.60. The van der Waals surface area contributed by atoms with E-state index in [1.807, 2.05) is 27.7 Å². The summed E-state index contributed by atoms with van der Waals surface area (Å²) in [5.74, 6) is -0.325. The van der Waals surface area contributed by atoms with Crippen molar-refractivity contribution in [2.45, 2.75) is 52.4 Å². The van der Waals surface area contributed by atoms with Gasteiger partial charge in [-0.15, -0.1) is 0 Å². The summed E-state index contributed by atoms with van der Waals surface area (Å²) in [5, 5.41) is 0. The molecule has 0 N–H and O–H groups in total. The molecule has 0 aromatic heterocycles. The van der Waals surface area contributed by atoms with Crippen molar-refractivity contribution in [1.82, 2.24) is 4.90 Å². The number of hydrogen-bond acceptors (Lipinski definition) is 3. The van der Waals surface area contributed by atoms with E-state index >= 15 is 0 Å². The molecule has 0 aromatic carbocycles. The normalized spacial score (nSPS) is 23.0. The molecule has 4 nitrogen and oxygen atoms in total. The van der Waals surface area contributed by atoms with Gasteiger partial charge >= 0.3 is 0 Å². The molecule has 0 bridgehead atoms. The number of nitrogens with zero attached hydrogens (tertiary/aromatic N) is 1. The number of rotatable bonds is 3. The van der Waals surface area contributed by atoms with E-state index in [-0.39, 0.29) is 30.4 Å². The van der Waals surface area contributed by atoms with Crippen LogP contribution in [0.15, 0.2) is 0 Å². The van der Waals surface area contributed by atoms with Gasteiger partial charge in [0.15, 0.2) is 0 Å². The second-order valence-corrected chi connectivity index (χ2v) is 4.07. The molecule has 0 saturated carbocycles. The fraction of sp³-hybridized carbons (Fsp3) is 0.800. The Hall–Kier alpha value is -0.900. The first-order chi connectivity index (χ1) is 6.43. The van der Waals surface area contributed by atoms with E-state index in [1.165, 1.54) is 4.90 Å². The van der Waals surface area contributed by atoms with E-state index in [0.29, 0.717) is 0 Å². The number of amides is 2. The van der Waals surface area contributed by atoms with E-state index in [4.69, 9.17) is 4.74 Å². The molecule has 1 saturated heterocycles. The third-order valence-corrected chi connectivity index (χ3v) is 2.09. The van der Waals surface area contributed by atoms with Crippen LogP contribution in [0.3, 0.4) is 0 Å². The molecule has 1 atom stereocenters. The van der Waals surface area contributed by atoms with Crippen molar-refractivity contribution in [2.24, 2.45) is 0 Å². The molecule has 0 aliphatic carbocycles. The molecule has 14 heavy (non-hydrogen) atoms. The maximum atomic E-state index is 11.7. The van der Waals surface area contributed by atoms with Crippen molar-refractivity contribution in [3.8, 4) is 0 Å². The van der Waals surface area contributed by atoms with Crippen LogP contribution in [0, 0.1) is 0 Å². The third kappa shape index (κ3) is 2.12. The summed E-state index contributed by atoms with van der Waals surface area (Å²) in [6, 6.07) is -0.0734. The molecule has 1 heterocycles. The van der Waals surface area contributed by atoms with Crippen LogP contribution in [-0.2, 0) is 14.3 Å². The van der Waals surface area contributed by atoms with Gasteiger partial charge in [0.05, 0.1) is 12.5 Å². The summed E-state index contributed by atoms with van der Waals surface area (Å²) in [6.07, 6.45) is -0.399. The Kier molecular flexibility index (Phi) is 3.26. The van der Waals surface area contributed by atoms with Crippen LogP contribution in [-0.4, -0.2) is 35.0 Å². The molecule has 2 amide bonds. The quantitative estimate of drug-likeness (QED) is 0.636. The summed E-state index contributed by atoms with van der Waals surface area (Å²) in [6.45, 7) is 7.37. The van der Waals surface area contributed by atoms with Crippen molar-refractivity contribution in [1.29, 1.82) is 0 Å². The zero-order valence-corrected chi connectivity index (χ0v) is 9.11. The van der Waals surface area contributed by atoms with Crippen LogP contribution in [0.5, 0.6) is 0 Å². The Morgan fingerprint density at radius 1 is 1.29 bits per heavy atom. The van der Waals surface area contributed by atoms with Crippen LogP contribution in [0.2, 0.25) is 0 Å². The first-order valence-corrected chi connectivity index (χ1v) is 4.94. The van der Waals surface area contributed by atoms with E-state index < -0.39 is 6.10 Å². The lowest BCUT2D eigenvalue weighted by Crippen LogP contribution is -2.38. The molecule has 1 rings (SSSR count). The maximum absolute atomic E-state index is 11.7. The number of carbonyl (C=O) groups excluding carboxylic acids is 2. The number of likely N-dealkylation sites (tertiary alicyclic amines) is 1. The van der Waals surface area contributed by atoms with Gasteiger partial charge in [-0.2, -0.15) is 0 Å². The molecule has 0 radical (unpaired) electrons. The minimum absolute atomic E-state index is 0.0242. The van der Waals surface area contributed by atoms with Gasteiger partial charge in [0.25, 0.3) is 5.91 Å². The fourth-order valence-corrected chi connectivity index (χ4v) is 1.60. The van der Waals surface area contributed by atoms with Crippen molar-refractivity contribution < 1.29 is 14.3 Å². The Labute approximate surface area is 84.2 Å². The topological polar surface area (TPSA) is 46.6 Å². The maximum Gasteiger partial charge on any atom is 0.259 e. The monoisotopic (exact) mass is 199 g/mol. The molecular weight excluding hydrogens is 182 g/mol. The molecule has 1 fully saturated rings. The summed E-state index contributed by atoms with van der Waals surface area (Å²) in [7, 11) is 0. The Morgan fingerprint density at radius 2 is 1.86 bits per heavy atom. The Balaban J connectivity index is 2.69. The van der Waals surface area contributed by atoms with Gasteiger partial charge in [-0.05, 0) is 27.7 Å². The molecule has 80 valence electrons. The number of carbonyl (C=O) groups is 2. The minimum atomic E-state index is -0.565. The summed E-state index contributed by atoms with van der Waals surface area (Å²) >= 11 is 0. The van der Waals surface area contributed by atoms with Crippen molar-refractivity contribution >= 4 is 11.8 Å². The first-order valence-electron chi connectivity index (χ1n) is 4.94. The molecule has 0 aromatic rings. The van der Waals surface area contributed by atoms with Gasteiger partial charge in [-0.3, -0.25) is 14.5 Å². The molecule has 1 aliphatic rings. The van der Waals surface area contributed by atoms with Crippen LogP contribution in [0.4, 0.5) is 0 Å². The van der Waals surface area contributed by atoms with E-state index in [2.05, 4.69) is 0 Å². The van der Waals surface area contributed by atoms with E-state index in [0.717, 1.165) is 0 Å². The number of ether oxygens (including phenoxy) is 1. The minimum Gasteiger partial charge on any atom is -0.365 e. The van der Waals surface area contributed by atoms with Crippen LogP contribution < -0.4 is 0 Å². The summed E-state index contributed by atoms with van der Waals surface area (Å²) < 4.78 is 5.36. The van der Waals surface area contributed by atoms with Crippen molar-refractivity contribution in [3.63, 3.8) is 0 Å². The standard InChI is InChI=1S/C10H17NO3/c1-6(2)11-9(12)5-8(10(11)13)14-7(3)4/h6-8H,5H2,1-4H3. The second-order valence-electron chi connectivity index (χ2n) is 4.07. The van der Waals surface area contributed by atoms with Crippen LogP contribution >= 0.6 is 0 Å². The molecule has 4 heteroatoms. The average molecular weight is 199 g/mol. The van der Waals surface area contributed by atoms with Gasteiger partial charge in [0.2, 0.25) is 5.91 Å². The second kappa shape index (κ2) is 4.09. The van der Waals surface area contributed by atoms with Crippen LogP contribution in [0.1, 0.15) is 34.1 Å². The van der Waals surface area contributed by atoms with Gasteiger partial charge in [0.1, 0.15) is 6.10 Å². The zero-order valence-electron chi connectivity index (χ0n) is 9.11. The van der Waals surface area contributed by atoms with Gasteiger partial charge in [0, 0.05) is 6.04 Å². The number of imide groups is 1. The van der Waals surface area contributed by atoms with Gasteiger partial charge < -0.3 is 4.74 Å². The first kappa shape index (κ1) is 11.2. The highest BCUT2D eigenvalue weighted by Gasteiger charge is 2.40. The lowest BCUT2D eigenvalue weighted by Gasteiger charge is -2.19. The highest BCUT2D eigenvalue weighted by molar-refractivity contribution is 6.05. The highest BCUT2D eigenvalue weighted by atomic mass is 16.5. The molecule has 1 aliphatic heterocycles. The molecular formula is C10H17NO3. The summed E-state index contributed by atoms with van der Waals surface area (Å²) in [5.41, 5.74) is 0. The predicted octanol–water partition coefficient (Wildman–Crippen LogP) is 0.947. The molecule has 1 unspecified atom stereocenters.